The summed E-state index contributed by atoms with van der Waals surface area (Å²) in [5.41, 5.74) is 9.37. The number of carbonyl (C=O) groups is 2. The SMILES string of the molecule is CC(C)C(N)C(=O)N[C@H](/C=C/C(=O)N1CCc2ccccc21)CCc1ccccc1. The first-order valence-corrected chi connectivity index (χ1v) is 10.6. The topological polar surface area (TPSA) is 75.4 Å². The minimum Gasteiger partial charge on any atom is -0.349 e. The number of aryl methyl sites for hydroxylation is 1. The van der Waals surface area contributed by atoms with E-state index in [0.717, 1.165) is 18.5 Å². The summed E-state index contributed by atoms with van der Waals surface area (Å²) in [4.78, 5) is 27.1. The highest BCUT2D eigenvalue weighted by Gasteiger charge is 2.23. The van der Waals surface area contributed by atoms with E-state index in [-0.39, 0.29) is 23.8 Å². The van der Waals surface area contributed by atoms with Gasteiger partial charge >= 0.3 is 0 Å². The van der Waals surface area contributed by atoms with Crippen LogP contribution >= 0.6 is 0 Å². The number of para-hydroxylation sites is 1. The zero-order chi connectivity index (χ0) is 21.5. The van der Waals surface area contributed by atoms with Crippen molar-refractivity contribution >= 4 is 17.5 Å². The molecular weight excluding hydrogens is 374 g/mol. The molecule has 0 saturated heterocycles. The number of carbonyl (C=O) groups excluding carboxylic acids is 2. The van der Waals surface area contributed by atoms with Crippen LogP contribution < -0.4 is 16.0 Å². The molecule has 0 radical (unpaired) electrons. The Morgan fingerprint density at radius 3 is 2.53 bits per heavy atom. The molecule has 0 aliphatic carbocycles. The summed E-state index contributed by atoms with van der Waals surface area (Å²) in [6, 6.07) is 17.3. The van der Waals surface area contributed by atoms with Gasteiger partial charge < -0.3 is 16.0 Å². The van der Waals surface area contributed by atoms with E-state index >= 15 is 0 Å². The maximum absolute atomic E-state index is 12.8. The van der Waals surface area contributed by atoms with E-state index in [1.165, 1.54) is 11.1 Å². The van der Waals surface area contributed by atoms with Gasteiger partial charge in [-0.3, -0.25) is 9.59 Å². The zero-order valence-corrected chi connectivity index (χ0v) is 17.8. The number of hydrogen-bond acceptors (Lipinski definition) is 3. The van der Waals surface area contributed by atoms with Gasteiger partial charge in [-0.1, -0.05) is 68.5 Å². The molecule has 0 spiro atoms. The lowest BCUT2D eigenvalue weighted by molar-refractivity contribution is -0.123. The molecule has 3 N–H and O–H groups in total. The minimum absolute atomic E-state index is 0.0477. The molecule has 2 amide bonds. The number of amides is 2. The summed E-state index contributed by atoms with van der Waals surface area (Å²) < 4.78 is 0. The Kier molecular flexibility index (Phi) is 7.41. The highest BCUT2D eigenvalue weighted by Crippen LogP contribution is 2.27. The third kappa shape index (κ3) is 5.57. The molecule has 3 rings (SSSR count). The van der Waals surface area contributed by atoms with Crippen LogP contribution in [0.15, 0.2) is 66.7 Å². The number of rotatable bonds is 8. The summed E-state index contributed by atoms with van der Waals surface area (Å²) in [6.07, 6.45) is 5.75. The van der Waals surface area contributed by atoms with Gasteiger partial charge in [0.2, 0.25) is 5.91 Å². The Morgan fingerprint density at radius 2 is 1.80 bits per heavy atom. The molecule has 2 aromatic carbocycles. The van der Waals surface area contributed by atoms with Gasteiger partial charge in [0.25, 0.3) is 5.91 Å². The molecule has 1 heterocycles. The highest BCUT2D eigenvalue weighted by molar-refractivity contribution is 6.03. The molecule has 0 aromatic heterocycles. The third-order valence-electron chi connectivity index (χ3n) is 5.56. The van der Waals surface area contributed by atoms with Crippen molar-refractivity contribution < 1.29 is 9.59 Å². The standard InChI is InChI=1S/C25H31N3O2/c1-18(2)24(26)25(30)27-21(13-12-19-8-4-3-5-9-19)14-15-23(29)28-17-16-20-10-6-7-11-22(20)28/h3-11,14-15,18,21,24H,12-13,16-17,26H2,1-2H3,(H,27,30)/b15-14+/t21-,24?/m0/s1. The number of nitrogens with two attached hydrogens (primary N) is 1. The molecule has 1 aliphatic heterocycles. The Hall–Kier alpha value is -2.92. The van der Waals surface area contributed by atoms with Gasteiger partial charge in [0.15, 0.2) is 0 Å². The van der Waals surface area contributed by atoms with Crippen LogP contribution in [0, 0.1) is 5.92 Å². The van der Waals surface area contributed by atoms with E-state index < -0.39 is 6.04 Å². The maximum atomic E-state index is 12.8. The second-order valence-corrected chi connectivity index (χ2v) is 8.14. The molecule has 158 valence electrons. The lowest BCUT2D eigenvalue weighted by atomic mass is 10.0. The maximum Gasteiger partial charge on any atom is 0.250 e. The van der Waals surface area contributed by atoms with Crippen molar-refractivity contribution in [3.8, 4) is 0 Å². The van der Waals surface area contributed by atoms with Crippen LogP contribution in [-0.2, 0) is 22.4 Å². The smallest absolute Gasteiger partial charge is 0.250 e. The van der Waals surface area contributed by atoms with Crippen molar-refractivity contribution in [2.45, 2.75) is 45.2 Å². The fourth-order valence-corrected chi connectivity index (χ4v) is 3.62. The first kappa shape index (κ1) is 21.8. The van der Waals surface area contributed by atoms with E-state index in [4.69, 9.17) is 5.73 Å². The Labute approximate surface area is 179 Å². The monoisotopic (exact) mass is 405 g/mol. The van der Waals surface area contributed by atoms with Gasteiger partial charge in [-0.25, -0.2) is 0 Å². The fourth-order valence-electron chi connectivity index (χ4n) is 3.62. The van der Waals surface area contributed by atoms with Crippen LogP contribution in [0.1, 0.15) is 31.4 Å². The molecule has 2 aromatic rings. The van der Waals surface area contributed by atoms with Crippen molar-refractivity contribution in [1.82, 2.24) is 5.32 Å². The van der Waals surface area contributed by atoms with Gasteiger partial charge in [0, 0.05) is 24.4 Å². The van der Waals surface area contributed by atoms with Crippen LogP contribution in [0.2, 0.25) is 0 Å². The van der Waals surface area contributed by atoms with Gasteiger partial charge in [-0.15, -0.1) is 0 Å². The van der Waals surface area contributed by atoms with E-state index in [1.54, 1.807) is 17.1 Å². The quantitative estimate of drug-likeness (QED) is 0.662. The predicted molar refractivity (Wildman–Crippen MR) is 121 cm³/mol. The van der Waals surface area contributed by atoms with E-state index in [1.807, 2.05) is 50.2 Å². The van der Waals surface area contributed by atoms with Crippen LogP contribution in [0.25, 0.3) is 0 Å². The molecule has 1 aliphatic rings. The second kappa shape index (κ2) is 10.2. The zero-order valence-electron chi connectivity index (χ0n) is 17.8. The number of nitrogens with zero attached hydrogens (tertiary/aromatic N) is 1. The second-order valence-electron chi connectivity index (χ2n) is 8.14. The summed E-state index contributed by atoms with van der Waals surface area (Å²) in [5, 5.41) is 3.01. The summed E-state index contributed by atoms with van der Waals surface area (Å²) in [6.45, 7) is 4.53. The van der Waals surface area contributed by atoms with Crippen molar-refractivity contribution in [3.05, 3.63) is 77.9 Å². The van der Waals surface area contributed by atoms with E-state index in [9.17, 15) is 9.59 Å². The van der Waals surface area contributed by atoms with Crippen LogP contribution in [0.4, 0.5) is 5.69 Å². The average Bonchev–Trinajstić information content (AvgIpc) is 3.19. The lowest BCUT2D eigenvalue weighted by Crippen LogP contribution is -2.47. The normalized spacial score (nSPS) is 15.3. The largest absolute Gasteiger partial charge is 0.349 e. The summed E-state index contributed by atoms with van der Waals surface area (Å²) in [7, 11) is 0. The first-order valence-electron chi connectivity index (χ1n) is 10.6. The minimum atomic E-state index is -0.571. The third-order valence-corrected chi connectivity index (χ3v) is 5.56. The molecule has 5 nitrogen and oxygen atoms in total. The van der Waals surface area contributed by atoms with Crippen molar-refractivity contribution in [2.24, 2.45) is 11.7 Å². The number of nitrogens with one attached hydrogen (secondary N) is 1. The number of benzene rings is 2. The van der Waals surface area contributed by atoms with E-state index in [2.05, 4.69) is 23.5 Å². The molecule has 2 atom stereocenters. The van der Waals surface area contributed by atoms with Crippen molar-refractivity contribution in [1.29, 1.82) is 0 Å². The number of hydrogen-bond donors (Lipinski definition) is 2. The highest BCUT2D eigenvalue weighted by atomic mass is 16.2. The molecule has 0 fully saturated rings. The van der Waals surface area contributed by atoms with Crippen LogP contribution in [-0.4, -0.2) is 30.4 Å². The Bertz CT molecular complexity index is 892. The van der Waals surface area contributed by atoms with Gasteiger partial charge in [0.1, 0.15) is 0 Å². The Balaban J connectivity index is 1.69. The van der Waals surface area contributed by atoms with Gasteiger partial charge in [0.05, 0.1) is 6.04 Å². The fraction of sp³-hybridized carbons (Fsp3) is 0.360. The summed E-state index contributed by atoms with van der Waals surface area (Å²) >= 11 is 0. The average molecular weight is 406 g/mol. The molecule has 0 bridgehead atoms. The van der Waals surface area contributed by atoms with Crippen LogP contribution in [0.5, 0.6) is 0 Å². The molecule has 30 heavy (non-hydrogen) atoms. The first-order chi connectivity index (χ1) is 14.5. The molecule has 0 saturated carbocycles. The van der Waals surface area contributed by atoms with Crippen LogP contribution in [0.3, 0.4) is 0 Å². The predicted octanol–water partition coefficient (Wildman–Crippen LogP) is 3.23. The van der Waals surface area contributed by atoms with Gasteiger partial charge in [-0.2, -0.15) is 0 Å². The number of fused-ring (bicyclic) bond motifs is 1. The molecule has 1 unspecified atom stereocenters. The van der Waals surface area contributed by atoms with Crippen molar-refractivity contribution in [2.75, 3.05) is 11.4 Å². The Morgan fingerprint density at radius 1 is 1.10 bits per heavy atom. The molecular formula is C25H31N3O2. The number of anilines is 1. The van der Waals surface area contributed by atoms with E-state index in [0.29, 0.717) is 13.0 Å². The van der Waals surface area contributed by atoms with Crippen molar-refractivity contribution in [3.63, 3.8) is 0 Å². The van der Waals surface area contributed by atoms with Gasteiger partial charge in [-0.05, 0) is 42.4 Å². The molecule has 5 heteroatoms. The summed E-state index contributed by atoms with van der Waals surface area (Å²) in [5.74, 6) is -0.203. The lowest BCUT2D eigenvalue weighted by Gasteiger charge is -2.21.